The lowest BCUT2D eigenvalue weighted by atomic mass is 9.89. The van der Waals surface area contributed by atoms with Crippen LogP contribution >= 0.6 is 0 Å². The molecule has 0 atom stereocenters. The van der Waals surface area contributed by atoms with Crippen molar-refractivity contribution < 1.29 is 0 Å². The van der Waals surface area contributed by atoms with Crippen LogP contribution in [0.3, 0.4) is 0 Å². The van der Waals surface area contributed by atoms with Crippen LogP contribution < -0.4 is 20.7 Å². The number of aryl methyl sites for hydroxylation is 4. The maximum absolute atomic E-state index is 2.90. The van der Waals surface area contributed by atoms with Crippen LogP contribution in [0.15, 0.2) is 194 Å². The van der Waals surface area contributed by atoms with Gasteiger partial charge in [-0.15, -0.1) is 0 Å². The second-order valence-corrected chi connectivity index (χ2v) is 21.8. The van der Waals surface area contributed by atoms with Gasteiger partial charge < -0.3 is 4.57 Å². The Morgan fingerprint density at radius 3 is 1.48 bits per heavy atom. The maximum atomic E-state index is 2.59. The first-order chi connectivity index (χ1) is 30.3. The van der Waals surface area contributed by atoms with Gasteiger partial charge in [-0.2, -0.15) is 0 Å². The van der Waals surface area contributed by atoms with Gasteiger partial charge in [-0.3, -0.25) is 0 Å². The number of hydrogen-bond acceptors (Lipinski definition) is 0. The molecule has 10 aromatic rings. The van der Waals surface area contributed by atoms with Crippen molar-refractivity contribution in [3.8, 4) is 27.9 Å². The summed E-state index contributed by atoms with van der Waals surface area (Å²) >= 11 is 0. The third-order valence-electron chi connectivity index (χ3n) is 14.0. The lowest BCUT2D eigenvalue weighted by Crippen LogP contribution is -2.74. The predicted octanol–water partition coefficient (Wildman–Crippen LogP) is 12.1. The highest BCUT2D eigenvalue weighted by Gasteiger charge is 2.43. The molecule has 0 saturated carbocycles. The Morgan fingerprint density at radius 2 is 0.887 bits per heavy atom. The van der Waals surface area contributed by atoms with Gasteiger partial charge in [0.1, 0.15) is 0 Å². The second-order valence-electron chi connectivity index (χ2n) is 18.0. The molecule has 0 unspecified atom stereocenters. The van der Waals surface area contributed by atoms with Crippen molar-refractivity contribution >= 4 is 50.6 Å². The zero-order valence-electron chi connectivity index (χ0n) is 35.7. The fourth-order valence-corrected chi connectivity index (χ4v) is 16.0. The molecule has 2 aliphatic carbocycles. The highest BCUT2D eigenvalue weighted by molar-refractivity contribution is 7.20. The summed E-state index contributed by atoms with van der Waals surface area (Å²) in [7, 11) is -2.90. The molecule has 2 heteroatoms. The molecular weight excluding hydrogens is 763 g/mol. The van der Waals surface area contributed by atoms with E-state index < -0.39 is 8.07 Å². The van der Waals surface area contributed by atoms with Crippen LogP contribution in [0.1, 0.15) is 56.0 Å². The first-order valence-electron chi connectivity index (χ1n) is 22.1. The average molecular weight is 810 g/mol. The summed E-state index contributed by atoms with van der Waals surface area (Å²) in [6, 6.07) is 75.2. The Morgan fingerprint density at radius 1 is 0.387 bits per heavy atom. The van der Waals surface area contributed by atoms with E-state index in [1.165, 1.54) is 121 Å². The molecular formula is C60H47NSi. The molecule has 0 saturated heterocycles. The molecule has 0 radical (unpaired) electrons. The lowest BCUT2D eigenvalue weighted by Gasteiger charge is -2.35. The topological polar surface area (TPSA) is 4.93 Å². The van der Waals surface area contributed by atoms with Crippen LogP contribution in [0.25, 0.3) is 49.7 Å². The predicted molar refractivity (Wildman–Crippen MR) is 264 cm³/mol. The van der Waals surface area contributed by atoms with E-state index >= 15 is 0 Å². The van der Waals surface area contributed by atoms with E-state index in [4.69, 9.17) is 0 Å². The number of hydrogen-bond donors (Lipinski definition) is 0. The summed E-state index contributed by atoms with van der Waals surface area (Å²) in [6.07, 6.45) is 0.941. The minimum atomic E-state index is -2.90. The van der Waals surface area contributed by atoms with E-state index in [0.29, 0.717) is 0 Å². The molecule has 62 heavy (non-hydrogen) atoms. The molecule has 0 fully saturated rings. The van der Waals surface area contributed by atoms with Crippen molar-refractivity contribution in [1.29, 1.82) is 0 Å². The van der Waals surface area contributed by atoms with Crippen LogP contribution in [-0.4, -0.2) is 12.6 Å². The maximum Gasteiger partial charge on any atom is 0.179 e. The third-order valence-corrected chi connectivity index (χ3v) is 18.8. The number of nitrogens with zero attached hydrogens (tertiary/aromatic N) is 1. The van der Waals surface area contributed by atoms with Gasteiger partial charge in [0.15, 0.2) is 8.07 Å². The van der Waals surface area contributed by atoms with Gasteiger partial charge >= 0.3 is 0 Å². The highest BCUT2D eigenvalue weighted by atomic mass is 28.3. The molecule has 12 rings (SSSR count). The summed E-state index contributed by atoms with van der Waals surface area (Å²) in [5, 5.41) is 8.22. The van der Waals surface area contributed by atoms with Gasteiger partial charge in [-0.25, -0.2) is 0 Å². The monoisotopic (exact) mass is 809 g/mol. The van der Waals surface area contributed by atoms with Gasteiger partial charge in [0.05, 0.1) is 11.0 Å². The van der Waals surface area contributed by atoms with Crippen LogP contribution in [0, 0.1) is 27.7 Å². The van der Waals surface area contributed by atoms with Gasteiger partial charge in [-0.1, -0.05) is 180 Å². The summed E-state index contributed by atoms with van der Waals surface area (Å²) in [6.45, 7) is 8.82. The number of fused-ring (bicyclic) bond motifs is 9. The Hall–Kier alpha value is -7.00. The quantitative estimate of drug-likeness (QED) is 0.116. The molecule has 0 N–H and O–H groups in total. The lowest BCUT2D eigenvalue weighted by molar-refractivity contribution is 1.01. The zero-order chi connectivity index (χ0) is 41.7. The fraction of sp³-hybridized carbons (Fsp3) is 0.100. The summed E-state index contributed by atoms with van der Waals surface area (Å²) in [5.74, 6) is 0.165. The van der Waals surface area contributed by atoms with Crippen LogP contribution in [0.2, 0.25) is 0 Å². The van der Waals surface area contributed by atoms with E-state index in [2.05, 4.69) is 226 Å². The van der Waals surface area contributed by atoms with Crippen molar-refractivity contribution in [2.75, 3.05) is 0 Å². The second kappa shape index (κ2) is 14.0. The van der Waals surface area contributed by atoms with Crippen LogP contribution in [0.5, 0.6) is 0 Å². The highest BCUT2D eigenvalue weighted by Crippen LogP contribution is 2.48. The Balaban J connectivity index is 1.07. The smallest absolute Gasteiger partial charge is 0.179 e. The molecule has 9 aromatic carbocycles. The minimum Gasteiger partial charge on any atom is -0.309 e. The fourth-order valence-electron chi connectivity index (χ4n) is 11.2. The average Bonchev–Trinajstić information content (AvgIpc) is 3.93. The number of rotatable bonds is 6. The van der Waals surface area contributed by atoms with E-state index in [1.54, 1.807) is 0 Å². The van der Waals surface area contributed by atoms with Gasteiger partial charge in [0, 0.05) is 22.4 Å². The SMILES string of the molecule is Cc1ccc2c(c1)-c1cc(C)ccc1C2c1cccc([Si](c2ccccc2)(c2ccccc2)c2ccc3c(c2)-c2cc(-n4c5ccc(C)cc5c5cc(C)ccc54)ccc2C3)c1. The van der Waals surface area contributed by atoms with Gasteiger partial charge in [0.2, 0.25) is 0 Å². The summed E-state index contributed by atoms with van der Waals surface area (Å²) < 4.78 is 2.48. The molecule has 1 heterocycles. The standard InChI is InChI=1S/C60H47NSi/c1-38-18-26-50-54(30-38)55-31-39(2)19-27-51(55)60(50)44-12-11-17-48(35-44)62(46-13-7-5-8-14-46,47-15-9-6-10-16-47)49-25-23-43-34-42-22-24-45(36-52(42)53(43)37-49)61-58-28-20-40(3)32-56(58)57-33-41(4)21-29-59(57)61/h5-33,35-37,60H,34H2,1-4H3. The van der Waals surface area contributed by atoms with E-state index in [9.17, 15) is 0 Å². The van der Waals surface area contributed by atoms with Crippen molar-refractivity contribution in [1.82, 2.24) is 4.57 Å². The largest absolute Gasteiger partial charge is 0.309 e. The van der Waals surface area contributed by atoms with Crippen molar-refractivity contribution in [2.24, 2.45) is 0 Å². The summed E-state index contributed by atoms with van der Waals surface area (Å²) in [5.41, 5.74) is 21.3. The van der Waals surface area contributed by atoms with E-state index in [0.717, 1.165) is 6.42 Å². The molecule has 0 spiro atoms. The van der Waals surface area contributed by atoms with E-state index in [1.807, 2.05) is 0 Å². The first-order valence-corrected chi connectivity index (χ1v) is 24.1. The van der Waals surface area contributed by atoms with Crippen LogP contribution in [0.4, 0.5) is 0 Å². The van der Waals surface area contributed by atoms with Crippen molar-refractivity contribution in [3.63, 3.8) is 0 Å². The number of aromatic nitrogens is 1. The third kappa shape index (κ3) is 5.53. The number of benzene rings is 9. The van der Waals surface area contributed by atoms with Gasteiger partial charge in [0.25, 0.3) is 0 Å². The summed E-state index contributed by atoms with van der Waals surface area (Å²) in [4.78, 5) is 0. The zero-order valence-corrected chi connectivity index (χ0v) is 36.7. The molecule has 0 bridgehead atoms. The van der Waals surface area contributed by atoms with Crippen LogP contribution in [-0.2, 0) is 6.42 Å². The molecule has 1 nitrogen and oxygen atoms in total. The van der Waals surface area contributed by atoms with Crippen molar-refractivity contribution in [2.45, 2.75) is 40.0 Å². The van der Waals surface area contributed by atoms with E-state index in [-0.39, 0.29) is 5.92 Å². The molecule has 0 amide bonds. The molecule has 2 aliphatic rings. The Kier molecular flexibility index (Phi) is 8.33. The normalized spacial score (nSPS) is 13.0. The Labute approximate surface area is 365 Å². The first kappa shape index (κ1) is 36.8. The molecule has 1 aromatic heterocycles. The molecule has 0 aliphatic heterocycles. The van der Waals surface area contributed by atoms with Crippen molar-refractivity contribution in [3.05, 3.63) is 244 Å². The van der Waals surface area contributed by atoms with Gasteiger partial charge in [-0.05, 0) is 141 Å². The Bertz CT molecular complexity index is 3280. The molecule has 296 valence electrons. The minimum absolute atomic E-state index is 0.165.